The van der Waals surface area contributed by atoms with Gasteiger partial charge in [0.1, 0.15) is 17.8 Å². The highest BCUT2D eigenvalue weighted by molar-refractivity contribution is 7.99. The van der Waals surface area contributed by atoms with E-state index in [0.29, 0.717) is 48.4 Å². The van der Waals surface area contributed by atoms with E-state index in [-0.39, 0.29) is 6.42 Å². The Bertz CT molecular complexity index is 1320. The van der Waals surface area contributed by atoms with Crippen molar-refractivity contribution in [3.63, 3.8) is 0 Å². The Morgan fingerprint density at radius 3 is 3.03 bits per heavy atom. The van der Waals surface area contributed by atoms with Crippen LogP contribution in [0.2, 0.25) is 0 Å². The van der Waals surface area contributed by atoms with Crippen LogP contribution in [0.5, 0.6) is 5.75 Å². The van der Waals surface area contributed by atoms with Gasteiger partial charge in [0.05, 0.1) is 12.9 Å². The van der Waals surface area contributed by atoms with Crippen molar-refractivity contribution in [2.45, 2.75) is 29.4 Å². The Balaban J connectivity index is 1.47. The van der Waals surface area contributed by atoms with Crippen LogP contribution in [0.3, 0.4) is 0 Å². The molecule has 0 saturated heterocycles. The zero-order chi connectivity index (χ0) is 23.5. The summed E-state index contributed by atoms with van der Waals surface area (Å²) >= 11 is 1.50. The molecule has 1 aliphatic heterocycles. The van der Waals surface area contributed by atoms with E-state index < -0.39 is 5.91 Å². The van der Waals surface area contributed by atoms with Crippen LogP contribution in [0, 0.1) is 0 Å². The molecule has 0 fully saturated rings. The second kappa shape index (κ2) is 9.71. The van der Waals surface area contributed by atoms with E-state index in [9.17, 15) is 4.79 Å². The number of nitrogens with zero attached hydrogens (tertiary/aromatic N) is 4. The van der Waals surface area contributed by atoms with Gasteiger partial charge in [-0.15, -0.1) is 0 Å². The third-order valence-electron chi connectivity index (χ3n) is 5.47. The van der Waals surface area contributed by atoms with Crippen LogP contribution >= 0.6 is 11.8 Å². The zero-order valence-electron chi connectivity index (χ0n) is 18.2. The average Bonchev–Trinajstić information content (AvgIpc) is 3.59. The molecule has 0 atom stereocenters. The number of nitrogens with one attached hydrogen (secondary N) is 2. The fourth-order valence-electron chi connectivity index (χ4n) is 3.80. The first-order valence-electron chi connectivity index (χ1n) is 10.8. The molecule has 4 aromatic rings. The summed E-state index contributed by atoms with van der Waals surface area (Å²) in [5.74, 6) is 1.48. The molecule has 5 N–H and O–H groups in total. The lowest BCUT2D eigenvalue weighted by atomic mass is 10.1. The van der Waals surface area contributed by atoms with Crippen molar-refractivity contribution < 1.29 is 19.2 Å². The van der Waals surface area contributed by atoms with E-state index >= 15 is 0 Å². The molecule has 0 spiro atoms. The average molecular weight is 482 g/mol. The number of hydrogen-bond acceptors (Lipinski definition) is 10. The van der Waals surface area contributed by atoms with Crippen LogP contribution in [-0.2, 0) is 17.8 Å². The fourth-order valence-corrected chi connectivity index (χ4v) is 4.89. The number of benzene rings is 1. The molecule has 1 amide bonds. The number of carbonyl (C=O) groups is 1. The molecule has 4 heterocycles. The van der Waals surface area contributed by atoms with Gasteiger partial charge in [-0.2, -0.15) is 0 Å². The Hall–Kier alpha value is -3.61. The van der Waals surface area contributed by atoms with E-state index in [0.717, 1.165) is 34.0 Å². The van der Waals surface area contributed by atoms with Crippen LogP contribution < -0.4 is 21.3 Å². The van der Waals surface area contributed by atoms with Crippen LogP contribution in [-0.4, -0.2) is 50.3 Å². The smallest absolute Gasteiger partial charge is 0.244 e. The number of amides is 1. The Kier molecular flexibility index (Phi) is 6.34. The summed E-state index contributed by atoms with van der Waals surface area (Å²) in [5.41, 5.74) is 10.9. The first-order chi connectivity index (χ1) is 16.6. The van der Waals surface area contributed by atoms with Gasteiger partial charge in [-0.3, -0.25) is 10.0 Å². The summed E-state index contributed by atoms with van der Waals surface area (Å²) in [6.45, 7) is 2.18. The van der Waals surface area contributed by atoms with E-state index in [4.69, 9.17) is 25.1 Å². The number of hydroxylamine groups is 1. The minimum Gasteiger partial charge on any atom is -0.493 e. The van der Waals surface area contributed by atoms with Gasteiger partial charge in [0.2, 0.25) is 5.91 Å². The Morgan fingerprint density at radius 2 is 2.21 bits per heavy atom. The highest BCUT2D eigenvalue weighted by atomic mass is 32.2. The molecule has 11 nitrogen and oxygen atoms in total. The van der Waals surface area contributed by atoms with Gasteiger partial charge < -0.3 is 24.8 Å². The second-order valence-electron chi connectivity index (χ2n) is 7.65. The molecule has 0 unspecified atom stereocenters. The summed E-state index contributed by atoms with van der Waals surface area (Å²) in [4.78, 5) is 25.4. The number of furan rings is 1. The molecular weight excluding hydrogens is 458 g/mol. The van der Waals surface area contributed by atoms with Gasteiger partial charge in [-0.25, -0.2) is 20.4 Å². The van der Waals surface area contributed by atoms with Crippen molar-refractivity contribution in [2.75, 3.05) is 25.4 Å². The topological polar surface area (TPSA) is 153 Å². The predicted octanol–water partition coefficient (Wildman–Crippen LogP) is 2.24. The van der Waals surface area contributed by atoms with Crippen LogP contribution in [0.25, 0.3) is 22.5 Å². The number of nitrogens with two attached hydrogens (primary N) is 1. The highest BCUT2D eigenvalue weighted by Crippen LogP contribution is 2.42. The van der Waals surface area contributed by atoms with Crippen molar-refractivity contribution in [3.05, 3.63) is 42.4 Å². The minimum atomic E-state index is -0.441. The van der Waals surface area contributed by atoms with Crippen molar-refractivity contribution in [3.8, 4) is 17.1 Å². The first kappa shape index (κ1) is 22.2. The molecule has 34 heavy (non-hydrogen) atoms. The third-order valence-corrected chi connectivity index (χ3v) is 6.52. The molecule has 176 valence electrons. The number of ether oxygens (including phenoxy) is 1. The Labute approximate surface area is 198 Å². The lowest BCUT2D eigenvalue weighted by Crippen LogP contribution is -2.27. The minimum absolute atomic E-state index is 0.168. The number of nitrogen functional groups attached to an aromatic ring is 1. The number of imidazole rings is 1. The van der Waals surface area contributed by atoms with Crippen molar-refractivity contribution in [1.82, 2.24) is 30.3 Å². The maximum atomic E-state index is 11.2. The third kappa shape index (κ3) is 4.42. The van der Waals surface area contributed by atoms with E-state index in [2.05, 4.69) is 21.4 Å². The molecule has 0 aliphatic carbocycles. The molecule has 1 aliphatic rings. The molecule has 0 saturated carbocycles. The van der Waals surface area contributed by atoms with Gasteiger partial charge in [0.25, 0.3) is 0 Å². The molecule has 0 bridgehead atoms. The molecule has 12 heteroatoms. The zero-order valence-corrected chi connectivity index (χ0v) is 19.0. The predicted molar refractivity (Wildman–Crippen MR) is 125 cm³/mol. The van der Waals surface area contributed by atoms with Crippen molar-refractivity contribution in [2.24, 2.45) is 0 Å². The fraction of sp³-hybridized carbons (Fsp3) is 0.273. The van der Waals surface area contributed by atoms with Crippen LogP contribution in [0.15, 0.2) is 51.3 Å². The largest absolute Gasteiger partial charge is 0.493 e. The number of carbonyl (C=O) groups excluding carboxylic acids is 1. The lowest BCUT2D eigenvalue weighted by Gasteiger charge is -2.12. The normalized spacial score (nSPS) is 12.6. The molecule has 0 radical (unpaired) electrons. The monoisotopic (exact) mass is 481 g/mol. The highest BCUT2D eigenvalue weighted by Gasteiger charge is 2.22. The van der Waals surface area contributed by atoms with Gasteiger partial charge in [-0.05, 0) is 29.8 Å². The van der Waals surface area contributed by atoms with E-state index in [1.807, 2.05) is 22.8 Å². The van der Waals surface area contributed by atoms with Crippen LogP contribution in [0.1, 0.15) is 12.0 Å². The second-order valence-corrected chi connectivity index (χ2v) is 8.66. The van der Waals surface area contributed by atoms with Crippen molar-refractivity contribution in [1.29, 1.82) is 0 Å². The summed E-state index contributed by atoms with van der Waals surface area (Å²) < 4.78 is 13.4. The van der Waals surface area contributed by atoms with Gasteiger partial charge in [-0.1, -0.05) is 11.8 Å². The van der Waals surface area contributed by atoms with E-state index in [1.54, 1.807) is 11.7 Å². The number of aromatic nitrogens is 4. The Morgan fingerprint density at radius 1 is 1.29 bits per heavy atom. The van der Waals surface area contributed by atoms with Gasteiger partial charge >= 0.3 is 0 Å². The number of rotatable bonds is 9. The number of fused-ring (bicyclic) bond motifs is 2. The lowest BCUT2D eigenvalue weighted by molar-refractivity contribution is -0.129. The molecule has 1 aromatic carbocycles. The van der Waals surface area contributed by atoms with Gasteiger partial charge in [0, 0.05) is 42.9 Å². The van der Waals surface area contributed by atoms with Gasteiger partial charge in [0.15, 0.2) is 22.1 Å². The molecule has 5 rings (SSSR count). The summed E-state index contributed by atoms with van der Waals surface area (Å²) in [6, 6.07) is 7.90. The summed E-state index contributed by atoms with van der Waals surface area (Å²) in [5, 5.41) is 12.5. The van der Waals surface area contributed by atoms with Crippen LogP contribution in [0.4, 0.5) is 5.82 Å². The standard InChI is InChI=1S/C22H23N7O4S/c23-20-19-21(26-12-25-20)29(7-6-24-5-3-18(30)28-31)22(27-19)34-17-10-13-4-9-33-16(13)11-14(17)15-2-1-8-32-15/h1-2,8,10-12,24,31H,3-7,9H2,(H,28,30)(H2,23,25,26). The molecule has 3 aromatic heterocycles. The number of hydrogen-bond donors (Lipinski definition) is 4. The SMILES string of the molecule is Nc1ncnc2c1nc(Sc1cc3c(cc1-c1ccco1)OCC3)n2CCNCCC(=O)NO. The maximum absolute atomic E-state index is 11.2. The summed E-state index contributed by atoms with van der Waals surface area (Å²) in [7, 11) is 0. The summed E-state index contributed by atoms with van der Waals surface area (Å²) in [6.07, 6.45) is 4.08. The quantitative estimate of drug-likeness (QED) is 0.159. The first-order valence-corrected chi connectivity index (χ1v) is 11.6. The molecular formula is C22H23N7O4S. The number of anilines is 1. The van der Waals surface area contributed by atoms with E-state index in [1.165, 1.54) is 18.1 Å². The van der Waals surface area contributed by atoms with Crippen molar-refractivity contribution >= 4 is 34.7 Å². The maximum Gasteiger partial charge on any atom is 0.244 e.